The summed E-state index contributed by atoms with van der Waals surface area (Å²) in [5.41, 5.74) is 4.20. The van der Waals surface area contributed by atoms with E-state index < -0.39 is 11.7 Å². The molecule has 0 spiro atoms. The molecule has 1 N–H and O–H groups in total. The Balaban J connectivity index is 1.28. The third-order valence-corrected chi connectivity index (χ3v) is 7.49. The van der Waals surface area contributed by atoms with E-state index in [1.807, 2.05) is 6.07 Å². The van der Waals surface area contributed by atoms with Gasteiger partial charge in [-0.05, 0) is 77.8 Å². The molecule has 0 saturated heterocycles. The molecular formula is C30H31F3N2O. The van der Waals surface area contributed by atoms with Gasteiger partial charge < -0.3 is 5.32 Å². The van der Waals surface area contributed by atoms with Gasteiger partial charge in [0.2, 0.25) is 0 Å². The number of carbonyl (C=O) groups excluding carboxylic acids is 1. The molecule has 0 unspecified atom stereocenters. The molecule has 0 atom stereocenters. The van der Waals surface area contributed by atoms with Crippen molar-refractivity contribution < 1.29 is 18.0 Å². The molecule has 3 nitrogen and oxygen atoms in total. The van der Waals surface area contributed by atoms with Crippen LogP contribution in [0.3, 0.4) is 0 Å². The third kappa shape index (κ3) is 5.65. The van der Waals surface area contributed by atoms with Crippen LogP contribution in [0.15, 0.2) is 66.7 Å². The molecule has 1 aliphatic heterocycles. The zero-order valence-corrected chi connectivity index (χ0v) is 20.3. The first-order chi connectivity index (χ1) is 17.4. The summed E-state index contributed by atoms with van der Waals surface area (Å²) >= 11 is 0. The molecule has 188 valence electrons. The molecule has 2 aliphatic rings. The summed E-state index contributed by atoms with van der Waals surface area (Å²) in [6.45, 7) is 3.17. The van der Waals surface area contributed by atoms with Crippen molar-refractivity contribution in [1.29, 1.82) is 0 Å². The molecule has 1 heterocycles. The van der Waals surface area contributed by atoms with Crippen LogP contribution < -0.4 is 5.32 Å². The predicted octanol–water partition coefficient (Wildman–Crippen LogP) is 7.56. The fourth-order valence-corrected chi connectivity index (χ4v) is 5.55. The zero-order chi connectivity index (χ0) is 25.1. The second kappa shape index (κ2) is 10.5. The minimum absolute atomic E-state index is 0.278. The van der Waals surface area contributed by atoms with Crippen molar-refractivity contribution in [3.8, 4) is 11.1 Å². The van der Waals surface area contributed by atoms with Gasteiger partial charge in [-0.15, -0.1) is 0 Å². The number of nitrogens with one attached hydrogen (secondary N) is 1. The van der Waals surface area contributed by atoms with Crippen LogP contribution in [0, 0.1) is 5.92 Å². The number of amides is 1. The highest BCUT2D eigenvalue weighted by molar-refractivity contribution is 6.08. The van der Waals surface area contributed by atoms with Crippen LogP contribution in [0.2, 0.25) is 0 Å². The molecule has 1 saturated carbocycles. The van der Waals surface area contributed by atoms with E-state index in [2.05, 4.69) is 22.3 Å². The lowest BCUT2D eigenvalue weighted by Gasteiger charge is -2.33. The Morgan fingerprint density at radius 2 is 1.67 bits per heavy atom. The molecule has 36 heavy (non-hydrogen) atoms. The first-order valence-electron chi connectivity index (χ1n) is 12.8. The number of hydrogen-bond acceptors (Lipinski definition) is 2. The van der Waals surface area contributed by atoms with Gasteiger partial charge >= 0.3 is 6.18 Å². The van der Waals surface area contributed by atoms with Crippen molar-refractivity contribution in [2.24, 2.45) is 5.92 Å². The summed E-state index contributed by atoms with van der Waals surface area (Å²) in [5, 5.41) is 3.00. The Labute approximate surface area is 210 Å². The molecule has 3 aromatic carbocycles. The molecule has 1 aliphatic carbocycles. The summed E-state index contributed by atoms with van der Waals surface area (Å²) in [5.74, 6) is 0.545. The third-order valence-electron chi connectivity index (χ3n) is 7.49. The number of carbonyl (C=O) groups is 1. The van der Waals surface area contributed by atoms with Gasteiger partial charge in [0, 0.05) is 30.9 Å². The van der Waals surface area contributed by atoms with Crippen LogP contribution >= 0.6 is 0 Å². The number of fused-ring (bicyclic) bond motifs is 1. The Kier molecular flexibility index (Phi) is 7.15. The summed E-state index contributed by atoms with van der Waals surface area (Å²) < 4.78 is 38.9. The number of anilines is 1. The topological polar surface area (TPSA) is 32.3 Å². The molecule has 0 aromatic heterocycles. The van der Waals surface area contributed by atoms with Gasteiger partial charge in [-0.1, -0.05) is 55.7 Å². The fraction of sp³-hybridized carbons (Fsp3) is 0.367. The number of alkyl halides is 3. The van der Waals surface area contributed by atoms with Crippen LogP contribution in [0.25, 0.3) is 11.1 Å². The molecule has 0 bridgehead atoms. The quantitative estimate of drug-likeness (QED) is 0.399. The number of rotatable bonds is 5. The van der Waals surface area contributed by atoms with Crippen LogP contribution in [0.5, 0.6) is 0 Å². The van der Waals surface area contributed by atoms with E-state index in [-0.39, 0.29) is 5.91 Å². The second-order valence-corrected chi connectivity index (χ2v) is 10.0. The molecule has 1 fully saturated rings. The van der Waals surface area contributed by atoms with Crippen molar-refractivity contribution in [1.82, 2.24) is 4.90 Å². The first kappa shape index (κ1) is 24.6. The van der Waals surface area contributed by atoms with Gasteiger partial charge in [0.15, 0.2) is 0 Å². The molecule has 1 amide bonds. The second-order valence-electron chi connectivity index (χ2n) is 10.0. The van der Waals surface area contributed by atoms with Crippen molar-refractivity contribution in [3.05, 3.63) is 89.0 Å². The van der Waals surface area contributed by atoms with E-state index in [1.54, 1.807) is 24.3 Å². The standard InChI is InChI=1S/C30H31F3N2O/c31-30(32,33)25-13-10-22(11-14-25)27-8-4-5-9-28(27)29(36)34-26-15-12-24-20-35(17-16-23(24)18-26)19-21-6-2-1-3-7-21/h4-5,8-15,18,21H,1-3,6-7,16-17,19-20H2,(H,34,36). The normalized spacial score (nSPS) is 17.0. The van der Waals surface area contributed by atoms with Crippen LogP contribution in [0.1, 0.15) is 59.2 Å². The van der Waals surface area contributed by atoms with Crippen molar-refractivity contribution in [2.75, 3.05) is 18.4 Å². The van der Waals surface area contributed by atoms with Gasteiger partial charge in [-0.25, -0.2) is 0 Å². The van der Waals surface area contributed by atoms with E-state index in [4.69, 9.17) is 0 Å². The van der Waals surface area contributed by atoms with Gasteiger partial charge in [-0.3, -0.25) is 9.69 Å². The maximum atomic E-state index is 13.2. The minimum atomic E-state index is -4.39. The lowest BCUT2D eigenvalue weighted by Crippen LogP contribution is -2.35. The number of halogens is 3. The average molecular weight is 493 g/mol. The summed E-state index contributed by atoms with van der Waals surface area (Å²) in [4.78, 5) is 15.7. The van der Waals surface area contributed by atoms with Crippen LogP contribution in [-0.4, -0.2) is 23.9 Å². The first-order valence-corrected chi connectivity index (χ1v) is 12.8. The lowest BCUT2D eigenvalue weighted by atomic mass is 9.88. The van der Waals surface area contributed by atoms with Gasteiger partial charge in [-0.2, -0.15) is 13.2 Å². The SMILES string of the molecule is O=C(Nc1ccc2c(c1)CCN(CC1CCCCC1)C2)c1ccccc1-c1ccc(C(F)(F)F)cc1. The highest BCUT2D eigenvalue weighted by Gasteiger charge is 2.30. The largest absolute Gasteiger partial charge is 0.416 e. The average Bonchev–Trinajstić information content (AvgIpc) is 2.89. The highest BCUT2D eigenvalue weighted by Crippen LogP contribution is 2.32. The molecule has 5 rings (SSSR count). The number of hydrogen-bond donors (Lipinski definition) is 1. The number of benzene rings is 3. The fourth-order valence-electron chi connectivity index (χ4n) is 5.55. The predicted molar refractivity (Wildman–Crippen MR) is 137 cm³/mol. The molecular weight excluding hydrogens is 461 g/mol. The summed E-state index contributed by atoms with van der Waals surface area (Å²) in [7, 11) is 0. The maximum absolute atomic E-state index is 13.2. The smallest absolute Gasteiger partial charge is 0.322 e. The van der Waals surface area contributed by atoms with Crippen molar-refractivity contribution >= 4 is 11.6 Å². The van der Waals surface area contributed by atoms with E-state index in [0.717, 1.165) is 43.2 Å². The van der Waals surface area contributed by atoms with E-state index in [0.29, 0.717) is 16.7 Å². The summed E-state index contributed by atoms with van der Waals surface area (Å²) in [6, 6.07) is 18.0. The molecule has 3 aromatic rings. The molecule has 0 radical (unpaired) electrons. The van der Waals surface area contributed by atoms with Crippen LogP contribution in [0.4, 0.5) is 18.9 Å². The maximum Gasteiger partial charge on any atom is 0.416 e. The number of nitrogens with zero attached hydrogens (tertiary/aromatic N) is 1. The molecule has 6 heteroatoms. The van der Waals surface area contributed by atoms with E-state index >= 15 is 0 Å². The lowest BCUT2D eigenvalue weighted by molar-refractivity contribution is -0.137. The Bertz CT molecular complexity index is 1210. The van der Waals surface area contributed by atoms with E-state index in [1.165, 1.54) is 61.9 Å². The Morgan fingerprint density at radius 1 is 0.917 bits per heavy atom. The van der Waals surface area contributed by atoms with Gasteiger partial charge in [0.05, 0.1) is 5.56 Å². The minimum Gasteiger partial charge on any atom is -0.322 e. The van der Waals surface area contributed by atoms with Crippen molar-refractivity contribution in [2.45, 2.75) is 51.2 Å². The summed E-state index contributed by atoms with van der Waals surface area (Å²) in [6.07, 6.45) is 3.37. The van der Waals surface area contributed by atoms with Gasteiger partial charge in [0.1, 0.15) is 0 Å². The van der Waals surface area contributed by atoms with Crippen LogP contribution in [-0.2, 0) is 19.1 Å². The Hall–Kier alpha value is -3.12. The Morgan fingerprint density at radius 3 is 2.42 bits per heavy atom. The monoisotopic (exact) mass is 492 g/mol. The highest BCUT2D eigenvalue weighted by atomic mass is 19.4. The van der Waals surface area contributed by atoms with E-state index in [9.17, 15) is 18.0 Å². The van der Waals surface area contributed by atoms with Crippen molar-refractivity contribution in [3.63, 3.8) is 0 Å². The zero-order valence-electron chi connectivity index (χ0n) is 20.3. The van der Waals surface area contributed by atoms with Gasteiger partial charge in [0.25, 0.3) is 5.91 Å².